The first-order valence-electron chi connectivity index (χ1n) is 6.08. The van der Waals surface area contributed by atoms with Gasteiger partial charge in [0.2, 0.25) is 0 Å². The minimum atomic E-state index is -0.314. The van der Waals surface area contributed by atoms with E-state index in [-0.39, 0.29) is 5.41 Å². The number of benzene rings is 2. The summed E-state index contributed by atoms with van der Waals surface area (Å²) < 4.78 is 5.89. The quantitative estimate of drug-likeness (QED) is 0.804. The first-order chi connectivity index (χ1) is 8.84. The lowest BCUT2D eigenvalue weighted by atomic mass is 9.97. The van der Waals surface area contributed by atoms with Crippen LogP contribution in [0.3, 0.4) is 0 Å². The third kappa shape index (κ3) is 1.84. The third-order valence-electron chi connectivity index (χ3n) is 3.34. The average molecular weight is 235 g/mol. The van der Waals surface area contributed by atoms with E-state index in [4.69, 9.17) is 4.74 Å². The second-order valence-electron chi connectivity index (χ2n) is 4.61. The van der Waals surface area contributed by atoms with Gasteiger partial charge in [0, 0.05) is 5.56 Å². The topological polar surface area (TPSA) is 33.0 Å². The van der Waals surface area contributed by atoms with Crippen molar-refractivity contribution in [3.63, 3.8) is 0 Å². The van der Waals surface area contributed by atoms with Gasteiger partial charge in [0.05, 0.1) is 11.5 Å². The van der Waals surface area contributed by atoms with Crippen LogP contribution >= 0.6 is 0 Å². The standard InChI is InChI=1S/C16H13NO/c17-12-16(10-11-16)14-8-4-5-9-15(14)18-13-6-2-1-3-7-13/h1-9H,10-11H2. The van der Waals surface area contributed by atoms with Crippen molar-refractivity contribution in [3.8, 4) is 17.6 Å². The molecule has 0 heterocycles. The number of nitrogens with zero attached hydrogens (tertiary/aromatic N) is 1. The van der Waals surface area contributed by atoms with E-state index in [2.05, 4.69) is 6.07 Å². The Hall–Kier alpha value is -2.27. The molecule has 2 nitrogen and oxygen atoms in total. The van der Waals surface area contributed by atoms with Crippen LogP contribution in [-0.4, -0.2) is 0 Å². The van der Waals surface area contributed by atoms with Crippen LogP contribution in [0.1, 0.15) is 18.4 Å². The maximum atomic E-state index is 9.29. The van der Waals surface area contributed by atoms with Crippen LogP contribution in [-0.2, 0) is 5.41 Å². The molecule has 0 radical (unpaired) electrons. The minimum absolute atomic E-state index is 0.314. The van der Waals surface area contributed by atoms with Gasteiger partial charge < -0.3 is 4.74 Å². The van der Waals surface area contributed by atoms with Gasteiger partial charge >= 0.3 is 0 Å². The van der Waals surface area contributed by atoms with Crippen LogP contribution in [0.2, 0.25) is 0 Å². The number of nitriles is 1. The molecule has 1 aliphatic carbocycles. The Morgan fingerprint density at radius 3 is 2.28 bits per heavy atom. The maximum Gasteiger partial charge on any atom is 0.132 e. The van der Waals surface area contributed by atoms with Crippen molar-refractivity contribution in [3.05, 3.63) is 60.2 Å². The molecular weight excluding hydrogens is 222 g/mol. The molecule has 0 aromatic heterocycles. The van der Waals surface area contributed by atoms with E-state index in [0.717, 1.165) is 29.9 Å². The van der Waals surface area contributed by atoms with Gasteiger partial charge in [-0.1, -0.05) is 36.4 Å². The molecule has 0 aliphatic heterocycles. The van der Waals surface area contributed by atoms with Crippen LogP contribution < -0.4 is 4.74 Å². The number of hydrogen-bond acceptors (Lipinski definition) is 2. The zero-order valence-electron chi connectivity index (χ0n) is 9.97. The van der Waals surface area contributed by atoms with Crippen molar-refractivity contribution in [2.75, 3.05) is 0 Å². The highest BCUT2D eigenvalue weighted by molar-refractivity contribution is 5.49. The van der Waals surface area contributed by atoms with Crippen LogP contribution in [0.4, 0.5) is 0 Å². The van der Waals surface area contributed by atoms with E-state index in [9.17, 15) is 5.26 Å². The monoisotopic (exact) mass is 235 g/mol. The van der Waals surface area contributed by atoms with Gasteiger partial charge in [-0.3, -0.25) is 0 Å². The van der Waals surface area contributed by atoms with E-state index < -0.39 is 0 Å². The Morgan fingerprint density at radius 2 is 1.61 bits per heavy atom. The lowest BCUT2D eigenvalue weighted by molar-refractivity contribution is 0.473. The van der Waals surface area contributed by atoms with Gasteiger partial charge in [-0.05, 0) is 31.0 Å². The molecule has 0 N–H and O–H groups in total. The largest absolute Gasteiger partial charge is 0.457 e. The van der Waals surface area contributed by atoms with Crippen molar-refractivity contribution in [2.45, 2.75) is 18.3 Å². The second-order valence-corrected chi connectivity index (χ2v) is 4.61. The molecule has 1 saturated carbocycles. The summed E-state index contributed by atoms with van der Waals surface area (Å²) in [6.07, 6.45) is 1.86. The SMILES string of the molecule is N#CC1(c2ccccc2Oc2ccccc2)CC1. The summed E-state index contributed by atoms with van der Waals surface area (Å²) in [5.41, 5.74) is 0.696. The van der Waals surface area contributed by atoms with Gasteiger partial charge in [-0.25, -0.2) is 0 Å². The Balaban J connectivity index is 1.96. The van der Waals surface area contributed by atoms with Crippen LogP contribution in [0.5, 0.6) is 11.5 Å². The zero-order valence-corrected chi connectivity index (χ0v) is 9.97. The fraction of sp³-hybridized carbons (Fsp3) is 0.188. The molecule has 88 valence electrons. The maximum absolute atomic E-state index is 9.29. The Morgan fingerprint density at radius 1 is 0.944 bits per heavy atom. The number of para-hydroxylation sites is 2. The van der Waals surface area contributed by atoms with Crippen LogP contribution in [0.25, 0.3) is 0 Å². The number of rotatable bonds is 3. The molecule has 2 heteroatoms. The molecule has 0 atom stereocenters. The molecule has 2 aromatic rings. The van der Waals surface area contributed by atoms with Gasteiger partial charge in [0.1, 0.15) is 11.5 Å². The lowest BCUT2D eigenvalue weighted by Gasteiger charge is -2.13. The van der Waals surface area contributed by atoms with Gasteiger partial charge in [0.25, 0.3) is 0 Å². The first-order valence-corrected chi connectivity index (χ1v) is 6.08. The second kappa shape index (κ2) is 4.19. The average Bonchev–Trinajstić information content (AvgIpc) is 3.22. The molecule has 18 heavy (non-hydrogen) atoms. The highest BCUT2D eigenvalue weighted by atomic mass is 16.5. The predicted octanol–water partition coefficient (Wildman–Crippen LogP) is 4.03. The third-order valence-corrected chi connectivity index (χ3v) is 3.34. The summed E-state index contributed by atoms with van der Waals surface area (Å²) in [4.78, 5) is 0. The summed E-state index contributed by atoms with van der Waals surface area (Å²) in [6.45, 7) is 0. The van der Waals surface area contributed by atoms with E-state index in [1.807, 2.05) is 54.6 Å². The molecular formula is C16H13NO. The Labute approximate surface area is 106 Å². The van der Waals surface area contributed by atoms with E-state index in [1.54, 1.807) is 0 Å². The molecule has 0 spiro atoms. The van der Waals surface area contributed by atoms with Crippen molar-refractivity contribution in [1.82, 2.24) is 0 Å². The highest BCUT2D eigenvalue weighted by Crippen LogP contribution is 2.51. The van der Waals surface area contributed by atoms with Crippen LogP contribution in [0.15, 0.2) is 54.6 Å². The van der Waals surface area contributed by atoms with Crippen molar-refractivity contribution in [1.29, 1.82) is 5.26 Å². The molecule has 0 amide bonds. The molecule has 0 saturated heterocycles. The van der Waals surface area contributed by atoms with Gasteiger partial charge in [-0.15, -0.1) is 0 Å². The predicted molar refractivity (Wildman–Crippen MR) is 69.5 cm³/mol. The lowest BCUT2D eigenvalue weighted by Crippen LogP contribution is -2.04. The molecule has 0 unspecified atom stereocenters. The van der Waals surface area contributed by atoms with E-state index in [0.29, 0.717) is 0 Å². The molecule has 3 rings (SSSR count). The Bertz CT molecular complexity index is 594. The summed E-state index contributed by atoms with van der Waals surface area (Å²) >= 11 is 0. The van der Waals surface area contributed by atoms with E-state index in [1.165, 1.54) is 0 Å². The molecule has 1 aliphatic rings. The van der Waals surface area contributed by atoms with Crippen molar-refractivity contribution < 1.29 is 4.74 Å². The fourth-order valence-electron chi connectivity index (χ4n) is 2.13. The zero-order chi connectivity index (χ0) is 12.4. The molecule has 0 bridgehead atoms. The summed E-state index contributed by atoms with van der Waals surface area (Å²) in [5.74, 6) is 1.60. The van der Waals surface area contributed by atoms with Crippen LogP contribution in [0, 0.1) is 11.3 Å². The molecule has 1 fully saturated rings. The minimum Gasteiger partial charge on any atom is -0.457 e. The summed E-state index contributed by atoms with van der Waals surface area (Å²) in [6, 6.07) is 19.9. The number of ether oxygens (including phenoxy) is 1. The summed E-state index contributed by atoms with van der Waals surface area (Å²) in [5, 5.41) is 9.29. The fourth-order valence-corrected chi connectivity index (χ4v) is 2.13. The van der Waals surface area contributed by atoms with Gasteiger partial charge in [0.15, 0.2) is 0 Å². The normalized spacial score (nSPS) is 15.7. The molecule has 2 aromatic carbocycles. The van der Waals surface area contributed by atoms with Gasteiger partial charge in [-0.2, -0.15) is 5.26 Å². The van der Waals surface area contributed by atoms with Crippen molar-refractivity contribution in [2.24, 2.45) is 0 Å². The van der Waals surface area contributed by atoms with E-state index >= 15 is 0 Å². The number of hydrogen-bond donors (Lipinski definition) is 0. The summed E-state index contributed by atoms with van der Waals surface area (Å²) in [7, 11) is 0. The Kier molecular flexibility index (Phi) is 2.53. The smallest absolute Gasteiger partial charge is 0.132 e. The van der Waals surface area contributed by atoms with Crippen molar-refractivity contribution >= 4 is 0 Å². The first kappa shape index (κ1) is 10.9. The highest BCUT2D eigenvalue weighted by Gasteiger charge is 2.46.